The Bertz CT molecular complexity index is 390. The molecule has 2 atom stereocenters. The fourth-order valence-electron chi connectivity index (χ4n) is 2.30. The average Bonchev–Trinajstić information content (AvgIpc) is 2.60. The molecule has 0 amide bonds. The third kappa shape index (κ3) is 3.10. The molecule has 1 aliphatic rings. The molecule has 1 aliphatic heterocycles. The number of ether oxygens (including phenoxy) is 1. The van der Waals surface area contributed by atoms with Gasteiger partial charge >= 0.3 is 6.61 Å². The second kappa shape index (κ2) is 5.52. The topological polar surface area (TPSA) is 24.5 Å². The number of likely N-dealkylation sites (tertiary alicyclic amines) is 1. The first-order chi connectivity index (χ1) is 8.56. The van der Waals surface area contributed by atoms with E-state index in [-0.39, 0.29) is 11.8 Å². The van der Waals surface area contributed by atoms with E-state index in [1.807, 2.05) is 6.07 Å². The van der Waals surface area contributed by atoms with Crippen molar-refractivity contribution in [1.29, 1.82) is 0 Å². The van der Waals surface area contributed by atoms with Crippen LogP contribution < -0.4 is 10.1 Å². The van der Waals surface area contributed by atoms with E-state index in [0.29, 0.717) is 11.7 Å². The monoisotopic (exact) mass is 256 g/mol. The summed E-state index contributed by atoms with van der Waals surface area (Å²) in [6.45, 7) is 0.270. The molecule has 2 unspecified atom stereocenters. The highest BCUT2D eigenvalue weighted by Gasteiger charge is 2.26. The van der Waals surface area contributed by atoms with Crippen LogP contribution in [0.5, 0.6) is 5.75 Å². The molecule has 0 aromatic heterocycles. The van der Waals surface area contributed by atoms with Gasteiger partial charge in [0.1, 0.15) is 5.75 Å². The van der Waals surface area contributed by atoms with Crippen molar-refractivity contribution in [3.63, 3.8) is 0 Å². The lowest BCUT2D eigenvalue weighted by molar-refractivity contribution is -0.0493. The molecule has 0 bridgehead atoms. The molecular weight excluding hydrogens is 238 g/mol. The summed E-state index contributed by atoms with van der Waals surface area (Å²) >= 11 is 0. The SMILES string of the molecule is CC1CC(Nc2ccccc2OC(F)F)CN1C. The van der Waals surface area contributed by atoms with E-state index in [2.05, 4.69) is 28.9 Å². The number of anilines is 1. The molecule has 0 radical (unpaired) electrons. The maximum absolute atomic E-state index is 12.3. The highest BCUT2D eigenvalue weighted by atomic mass is 19.3. The van der Waals surface area contributed by atoms with Crippen molar-refractivity contribution in [3.8, 4) is 5.75 Å². The van der Waals surface area contributed by atoms with E-state index in [0.717, 1.165) is 13.0 Å². The third-order valence-corrected chi connectivity index (χ3v) is 3.35. The van der Waals surface area contributed by atoms with Gasteiger partial charge in [0.25, 0.3) is 0 Å². The highest BCUT2D eigenvalue weighted by molar-refractivity contribution is 5.57. The van der Waals surface area contributed by atoms with E-state index in [4.69, 9.17) is 0 Å². The zero-order valence-electron chi connectivity index (χ0n) is 10.6. The number of benzene rings is 1. The Morgan fingerprint density at radius 3 is 2.72 bits per heavy atom. The summed E-state index contributed by atoms with van der Waals surface area (Å²) in [4.78, 5) is 2.24. The van der Waals surface area contributed by atoms with E-state index >= 15 is 0 Å². The number of nitrogens with zero attached hydrogens (tertiary/aromatic N) is 1. The number of hydrogen-bond acceptors (Lipinski definition) is 3. The molecule has 1 aromatic carbocycles. The first-order valence-corrected chi connectivity index (χ1v) is 6.07. The van der Waals surface area contributed by atoms with Crippen LogP contribution in [-0.2, 0) is 0 Å². The molecule has 0 spiro atoms. The first kappa shape index (κ1) is 13.1. The molecular formula is C13H18F2N2O. The summed E-state index contributed by atoms with van der Waals surface area (Å²) in [7, 11) is 2.06. The molecule has 1 saturated heterocycles. The van der Waals surface area contributed by atoms with Crippen molar-refractivity contribution in [2.75, 3.05) is 18.9 Å². The number of likely N-dealkylation sites (N-methyl/N-ethyl adjacent to an activating group) is 1. The average molecular weight is 256 g/mol. The Labute approximate surface area is 106 Å². The maximum atomic E-state index is 12.3. The van der Waals surface area contributed by atoms with Crippen LogP contribution >= 0.6 is 0 Å². The molecule has 5 heteroatoms. The van der Waals surface area contributed by atoms with Crippen LogP contribution in [0.2, 0.25) is 0 Å². The molecule has 100 valence electrons. The van der Waals surface area contributed by atoms with Crippen molar-refractivity contribution in [2.45, 2.75) is 32.0 Å². The van der Waals surface area contributed by atoms with Gasteiger partial charge in [-0.2, -0.15) is 8.78 Å². The van der Waals surface area contributed by atoms with Crippen LogP contribution in [0, 0.1) is 0 Å². The lowest BCUT2D eigenvalue weighted by atomic mass is 10.2. The van der Waals surface area contributed by atoms with Gasteiger partial charge in [-0.3, -0.25) is 0 Å². The van der Waals surface area contributed by atoms with Crippen LogP contribution in [0.25, 0.3) is 0 Å². The number of nitrogens with one attached hydrogen (secondary N) is 1. The summed E-state index contributed by atoms with van der Waals surface area (Å²) in [6, 6.07) is 7.59. The van der Waals surface area contributed by atoms with Crippen LogP contribution in [0.4, 0.5) is 14.5 Å². The molecule has 18 heavy (non-hydrogen) atoms. The van der Waals surface area contributed by atoms with Crippen molar-refractivity contribution >= 4 is 5.69 Å². The van der Waals surface area contributed by atoms with E-state index in [1.54, 1.807) is 18.2 Å². The van der Waals surface area contributed by atoms with E-state index < -0.39 is 6.61 Å². The maximum Gasteiger partial charge on any atom is 0.387 e. The lowest BCUT2D eigenvalue weighted by Crippen LogP contribution is -2.25. The summed E-state index contributed by atoms with van der Waals surface area (Å²) < 4.78 is 29.1. The van der Waals surface area contributed by atoms with Gasteiger partial charge in [0.15, 0.2) is 0 Å². The lowest BCUT2D eigenvalue weighted by Gasteiger charge is -2.17. The van der Waals surface area contributed by atoms with Gasteiger partial charge in [-0.1, -0.05) is 12.1 Å². The quantitative estimate of drug-likeness (QED) is 0.896. The van der Waals surface area contributed by atoms with Gasteiger partial charge in [0.05, 0.1) is 5.69 Å². The molecule has 0 saturated carbocycles. The zero-order valence-corrected chi connectivity index (χ0v) is 10.6. The highest BCUT2D eigenvalue weighted by Crippen LogP contribution is 2.28. The molecule has 1 heterocycles. The molecule has 1 aromatic rings. The van der Waals surface area contributed by atoms with Gasteiger partial charge in [-0.05, 0) is 32.5 Å². The van der Waals surface area contributed by atoms with Gasteiger partial charge < -0.3 is 15.0 Å². The number of alkyl halides is 2. The summed E-state index contributed by atoms with van der Waals surface area (Å²) in [5, 5.41) is 3.28. The smallest absolute Gasteiger partial charge is 0.387 e. The fraction of sp³-hybridized carbons (Fsp3) is 0.538. The van der Waals surface area contributed by atoms with E-state index in [1.165, 1.54) is 0 Å². The summed E-state index contributed by atoms with van der Waals surface area (Å²) in [5.41, 5.74) is 0.630. The number of para-hydroxylation sites is 2. The fourth-order valence-corrected chi connectivity index (χ4v) is 2.30. The second-order valence-electron chi connectivity index (χ2n) is 4.74. The molecule has 1 N–H and O–H groups in total. The first-order valence-electron chi connectivity index (χ1n) is 6.07. The largest absolute Gasteiger partial charge is 0.433 e. The Morgan fingerprint density at radius 1 is 1.39 bits per heavy atom. The number of halogens is 2. The summed E-state index contributed by atoms with van der Waals surface area (Å²) in [5.74, 6) is 0.203. The van der Waals surface area contributed by atoms with Crippen molar-refractivity contribution < 1.29 is 13.5 Å². The van der Waals surface area contributed by atoms with Crippen LogP contribution in [0.15, 0.2) is 24.3 Å². The van der Waals surface area contributed by atoms with Crippen molar-refractivity contribution in [3.05, 3.63) is 24.3 Å². The van der Waals surface area contributed by atoms with Crippen LogP contribution in [0.3, 0.4) is 0 Å². The van der Waals surface area contributed by atoms with Crippen LogP contribution in [-0.4, -0.2) is 37.2 Å². The summed E-state index contributed by atoms with van der Waals surface area (Å²) in [6.07, 6.45) is 1.000. The predicted molar refractivity (Wildman–Crippen MR) is 67.2 cm³/mol. The Kier molecular flexibility index (Phi) is 4.01. The molecule has 2 rings (SSSR count). The Balaban J connectivity index is 2.05. The van der Waals surface area contributed by atoms with E-state index in [9.17, 15) is 8.78 Å². The van der Waals surface area contributed by atoms with Gasteiger partial charge in [-0.15, -0.1) is 0 Å². The Hall–Kier alpha value is -1.36. The minimum Gasteiger partial charge on any atom is -0.433 e. The normalized spacial score (nSPS) is 24.5. The minimum atomic E-state index is -2.79. The predicted octanol–water partition coefficient (Wildman–Crippen LogP) is 2.79. The zero-order chi connectivity index (χ0) is 13.1. The molecule has 0 aliphatic carbocycles. The van der Waals surface area contributed by atoms with Crippen LogP contribution in [0.1, 0.15) is 13.3 Å². The van der Waals surface area contributed by atoms with Gasteiger partial charge in [0, 0.05) is 18.6 Å². The third-order valence-electron chi connectivity index (χ3n) is 3.35. The number of hydrogen-bond donors (Lipinski definition) is 1. The van der Waals surface area contributed by atoms with Gasteiger partial charge in [0.2, 0.25) is 0 Å². The standard InChI is InChI=1S/C13H18F2N2O/c1-9-7-10(8-17(9)2)16-11-5-3-4-6-12(11)18-13(14)15/h3-6,9-10,13,16H,7-8H2,1-2H3. The Morgan fingerprint density at radius 2 is 2.11 bits per heavy atom. The number of rotatable bonds is 4. The molecule has 3 nitrogen and oxygen atoms in total. The van der Waals surface area contributed by atoms with Gasteiger partial charge in [-0.25, -0.2) is 0 Å². The molecule has 1 fully saturated rings. The van der Waals surface area contributed by atoms with Crippen molar-refractivity contribution in [1.82, 2.24) is 4.90 Å². The minimum absolute atomic E-state index is 0.203. The second-order valence-corrected chi connectivity index (χ2v) is 4.74. The van der Waals surface area contributed by atoms with Crippen molar-refractivity contribution in [2.24, 2.45) is 0 Å².